The number of hydrogen-bond acceptors (Lipinski definition) is 8. The lowest BCUT2D eigenvalue weighted by Gasteiger charge is -2.35. The van der Waals surface area contributed by atoms with Crippen LogP contribution in [-0.2, 0) is 35.4 Å². The second kappa shape index (κ2) is 12.3. The molecule has 1 N–H and O–H groups in total. The first-order valence-corrected chi connectivity index (χ1v) is 15.2. The molecule has 10 nitrogen and oxygen atoms in total. The number of amides is 1. The molecule has 3 heterocycles. The molecule has 2 saturated heterocycles. The predicted molar refractivity (Wildman–Crippen MR) is 145 cm³/mol. The zero-order valence-corrected chi connectivity index (χ0v) is 23.5. The van der Waals surface area contributed by atoms with E-state index in [-0.39, 0.29) is 42.7 Å². The summed E-state index contributed by atoms with van der Waals surface area (Å²) in [5, 5.41) is 2.87. The number of aldehydes is 1. The van der Waals surface area contributed by atoms with Crippen molar-refractivity contribution in [1.82, 2.24) is 9.62 Å². The number of nitrogens with one attached hydrogen (secondary N) is 1. The third-order valence-electron chi connectivity index (χ3n) is 7.87. The van der Waals surface area contributed by atoms with Gasteiger partial charge in [0, 0.05) is 25.0 Å². The molecular weight excluding hydrogens is 536 g/mol. The van der Waals surface area contributed by atoms with Crippen molar-refractivity contribution in [2.24, 2.45) is 11.8 Å². The number of hydrogen-bond donors (Lipinski definition) is 1. The molecule has 11 heteroatoms. The van der Waals surface area contributed by atoms with Crippen LogP contribution < -0.4 is 10.1 Å². The van der Waals surface area contributed by atoms with Gasteiger partial charge >= 0.3 is 6.09 Å². The highest BCUT2D eigenvalue weighted by atomic mass is 32.2. The average Bonchev–Trinajstić information content (AvgIpc) is 3.56. The van der Waals surface area contributed by atoms with E-state index in [4.69, 9.17) is 18.9 Å². The summed E-state index contributed by atoms with van der Waals surface area (Å²) in [6.45, 7) is 5.24. The first kappa shape index (κ1) is 28.5. The van der Waals surface area contributed by atoms with Gasteiger partial charge in [0.05, 0.1) is 30.6 Å². The number of carbonyl (C=O) groups excluding carboxylic acids is 2. The molecular formula is C29H36N2O8S. The Balaban J connectivity index is 1.34. The minimum Gasteiger partial charge on any atom is -0.494 e. The third kappa shape index (κ3) is 6.02. The highest BCUT2D eigenvalue weighted by Gasteiger charge is 2.44. The average molecular weight is 573 g/mol. The Labute approximate surface area is 235 Å². The van der Waals surface area contributed by atoms with E-state index in [0.29, 0.717) is 30.9 Å². The number of carbonyl (C=O) groups is 2. The maximum Gasteiger partial charge on any atom is 0.407 e. The molecule has 0 radical (unpaired) electrons. The van der Waals surface area contributed by atoms with E-state index < -0.39 is 34.2 Å². The predicted octanol–water partition coefficient (Wildman–Crippen LogP) is 3.11. The Bertz CT molecular complexity index is 1300. The van der Waals surface area contributed by atoms with Gasteiger partial charge in [0.25, 0.3) is 0 Å². The number of ether oxygens (including phenoxy) is 4. The van der Waals surface area contributed by atoms with Crippen LogP contribution >= 0.6 is 0 Å². The molecule has 2 aromatic carbocycles. The van der Waals surface area contributed by atoms with E-state index in [0.717, 1.165) is 18.3 Å². The fourth-order valence-electron chi connectivity index (χ4n) is 5.76. The summed E-state index contributed by atoms with van der Waals surface area (Å²) in [6, 6.07) is 13.7. The molecule has 3 aliphatic rings. The molecule has 6 atom stereocenters. The summed E-state index contributed by atoms with van der Waals surface area (Å²) in [7, 11) is -3.87. The number of sulfonamides is 1. The standard InChI is InChI=1S/C29H36N2O8S/c1-3-36-22-9-10-27-24(14-22)19(2)15-31(40(27,34)35)16-21(17-32)25(13-20-7-5-4-6-8-20)30-29(33)39-26-18-38-28-23(26)11-12-37-28/h4-10,14,17,19,21,23,25-26,28H,3,11-13,15-16,18H2,1-2H3,(H,30,33)/t19?,21-,23-,25-,26-,28+/m0/s1. The van der Waals surface area contributed by atoms with Gasteiger partial charge in [-0.1, -0.05) is 37.3 Å². The highest BCUT2D eigenvalue weighted by molar-refractivity contribution is 7.89. The molecule has 40 heavy (non-hydrogen) atoms. The summed E-state index contributed by atoms with van der Waals surface area (Å²) in [5.41, 5.74) is 1.59. The third-order valence-corrected chi connectivity index (χ3v) is 9.78. The second-order valence-electron chi connectivity index (χ2n) is 10.6. The van der Waals surface area contributed by atoms with E-state index in [1.165, 1.54) is 4.31 Å². The van der Waals surface area contributed by atoms with Crippen molar-refractivity contribution in [2.45, 2.75) is 55.9 Å². The normalized spacial score (nSPS) is 26.8. The van der Waals surface area contributed by atoms with Crippen LogP contribution in [0, 0.1) is 11.8 Å². The quantitative estimate of drug-likeness (QED) is 0.432. The van der Waals surface area contributed by atoms with Crippen LogP contribution in [0.1, 0.15) is 37.3 Å². The van der Waals surface area contributed by atoms with E-state index in [9.17, 15) is 18.0 Å². The van der Waals surface area contributed by atoms with Crippen molar-refractivity contribution in [2.75, 3.05) is 32.9 Å². The fourth-order valence-corrected chi connectivity index (χ4v) is 7.63. The molecule has 5 rings (SSSR count). The summed E-state index contributed by atoms with van der Waals surface area (Å²) in [6.07, 6.45) is 0.318. The van der Waals surface area contributed by atoms with Gasteiger partial charge in [0.15, 0.2) is 6.29 Å². The lowest BCUT2D eigenvalue weighted by atomic mass is 9.93. The van der Waals surface area contributed by atoms with Crippen molar-refractivity contribution in [3.63, 3.8) is 0 Å². The SMILES string of the molecule is CCOc1ccc2c(c1)C(C)CN(C[C@@H](C=O)[C@H](Cc1ccccc1)NC(=O)O[C@H]1CO[C@H]3OCC[C@H]31)S2(=O)=O. The summed E-state index contributed by atoms with van der Waals surface area (Å²) in [5.74, 6) is -0.332. The minimum atomic E-state index is -3.87. The van der Waals surface area contributed by atoms with Crippen molar-refractivity contribution < 1.29 is 37.0 Å². The number of benzene rings is 2. The largest absolute Gasteiger partial charge is 0.494 e. The van der Waals surface area contributed by atoms with Crippen LogP contribution in [-0.4, -0.2) is 76.4 Å². The van der Waals surface area contributed by atoms with Crippen LogP contribution in [0.4, 0.5) is 4.79 Å². The van der Waals surface area contributed by atoms with Crippen molar-refractivity contribution in [3.05, 3.63) is 59.7 Å². The Morgan fingerprint density at radius 3 is 2.75 bits per heavy atom. The fraction of sp³-hybridized carbons (Fsp3) is 0.517. The first-order chi connectivity index (χ1) is 19.3. The number of nitrogens with zero attached hydrogens (tertiary/aromatic N) is 1. The summed E-state index contributed by atoms with van der Waals surface area (Å²) in [4.78, 5) is 25.7. The van der Waals surface area contributed by atoms with Gasteiger partial charge in [-0.25, -0.2) is 13.2 Å². The van der Waals surface area contributed by atoms with E-state index in [1.54, 1.807) is 18.2 Å². The lowest BCUT2D eigenvalue weighted by molar-refractivity contribution is -0.112. The zero-order chi connectivity index (χ0) is 28.3. The maximum absolute atomic E-state index is 13.6. The van der Waals surface area contributed by atoms with Gasteiger partial charge in [-0.05, 0) is 55.0 Å². The summed E-state index contributed by atoms with van der Waals surface area (Å²) < 4.78 is 51.0. The topological polar surface area (TPSA) is 120 Å². The van der Waals surface area contributed by atoms with Crippen LogP contribution in [0.25, 0.3) is 0 Å². The van der Waals surface area contributed by atoms with E-state index in [2.05, 4.69) is 5.32 Å². The number of rotatable bonds is 10. The van der Waals surface area contributed by atoms with Gasteiger partial charge in [0.1, 0.15) is 18.1 Å². The van der Waals surface area contributed by atoms with E-state index >= 15 is 0 Å². The molecule has 0 bridgehead atoms. The molecule has 0 aromatic heterocycles. The van der Waals surface area contributed by atoms with Gasteiger partial charge in [-0.15, -0.1) is 0 Å². The van der Waals surface area contributed by atoms with Crippen LogP contribution in [0.2, 0.25) is 0 Å². The van der Waals surface area contributed by atoms with Crippen LogP contribution in [0.5, 0.6) is 5.75 Å². The monoisotopic (exact) mass is 572 g/mol. The molecule has 216 valence electrons. The zero-order valence-electron chi connectivity index (χ0n) is 22.7. The molecule has 1 amide bonds. The molecule has 0 spiro atoms. The van der Waals surface area contributed by atoms with Gasteiger partial charge in [-0.2, -0.15) is 4.31 Å². The molecule has 3 aliphatic heterocycles. The van der Waals surface area contributed by atoms with E-state index in [1.807, 2.05) is 44.2 Å². The second-order valence-corrected chi connectivity index (χ2v) is 12.5. The molecule has 2 aromatic rings. The number of fused-ring (bicyclic) bond motifs is 2. The summed E-state index contributed by atoms with van der Waals surface area (Å²) >= 11 is 0. The Hall–Kier alpha value is -2.99. The van der Waals surface area contributed by atoms with Crippen molar-refractivity contribution in [3.8, 4) is 5.75 Å². The minimum absolute atomic E-state index is 0.0246. The molecule has 0 aliphatic carbocycles. The Kier molecular flexibility index (Phi) is 8.74. The van der Waals surface area contributed by atoms with Crippen molar-refractivity contribution in [1.29, 1.82) is 0 Å². The maximum atomic E-state index is 13.6. The first-order valence-electron chi connectivity index (χ1n) is 13.8. The van der Waals surface area contributed by atoms with Crippen LogP contribution in [0.15, 0.2) is 53.4 Å². The van der Waals surface area contributed by atoms with Crippen molar-refractivity contribution >= 4 is 22.4 Å². The molecule has 0 saturated carbocycles. The smallest absolute Gasteiger partial charge is 0.407 e. The Morgan fingerprint density at radius 1 is 1.20 bits per heavy atom. The van der Waals surface area contributed by atoms with Gasteiger partial charge < -0.3 is 29.1 Å². The number of alkyl carbamates (subject to hydrolysis) is 1. The molecule has 1 unspecified atom stereocenters. The van der Waals surface area contributed by atoms with Gasteiger partial charge in [0.2, 0.25) is 10.0 Å². The Morgan fingerprint density at radius 2 is 2.00 bits per heavy atom. The molecule has 2 fully saturated rings. The highest BCUT2D eigenvalue weighted by Crippen LogP contribution is 2.36. The van der Waals surface area contributed by atoms with Crippen LogP contribution in [0.3, 0.4) is 0 Å². The lowest BCUT2D eigenvalue weighted by Crippen LogP contribution is -2.50. The van der Waals surface area contributed by atoms with Gasteiger partial charge in [-0.3, -0.25) is 0 Å².